The van der Waals surface area contributed by atoms with Gasteiger partial charge in [-0.3, -0.25) is 0 Å². The molecule has 0 amide bonds. The Morgan fingerprint density at radius 3 is 2.71 bits per heavy atom. The van der Waals surface area contributed by atoms with Crippen molar-refractivity contribution in [2.24, 2.45) is 5.92 Å². The largest absolute Gasteiger partial charge is 0.350 e. The number of allylic oxidation sites excluding steroid dienone is 2. The molecule has 0 saturated carbocycles. The lowest BCUT2D eigenvalue weighted by Gasteiger charge is -2.22. The molecule has 0 spiro atoms. The number of ether oxygens (including phenoxy) is 2. The molecule has 1 heterocycles. The SMILES string of the molecule is CCCCC1CC=C(CCC2OCCO2)CC1. The fraction of sp³-hybridized carbons (Fsp3) is 0.867. The van der Waals surface area contributed by atoms with Gasteiger partial charge in [-0.2, -0.15) is 0 Å². The van der Waals surface area contributed by atoms with E-state index in [1.165, 1.54) is 44.9 Å². The molecule has 17 heavy (non-hydrogen) atoms. The first-order chi connectivity index (χ1) is 8.38. The lowest BCUT2D eigenvalue weighted by molar-refractivity contribution is -0.0463. The molecule has 2 nitrogen and oxygen atoms in total. The standard InChI is InChI=1S/C15H26O2/c1-2-3-4-13-5-7-14(8-6-13)9-10-15-16-11-12-17-15/h7,13,15H,2-6,8-12H2,1H3. The zero-order valence-corrected chi connectivity index (χ0v) is 11.1. The minimum absolute atomic E-state index is 0.0775. The van der Waals surface area contributed by atoms with E-state index in [-0.39, 0.29) is 6.29 Å². The summed E-state index contributed by atoms with van der Waals surface area (Å²) < 4.78 is 10.9. The molecule has 1 unspecified atom stereocenters. The number of hydrogen-bond donors (Lipinski definition) is 0. The van der Waals surface area contributed by atoms with Crippen LogP contribution in [-0.2, 0) is 9.47 Å². The first-order valence-corrected chi connectivity index (χ1v) is 7.29. The smallest absolute Gasteiger partial charge is 0.158 e. The molecule has 2 heteroatoms. The molecule has 1 fully saturated rings. The van der Waals surface area contributed by atoms with Crippen LogP contribution in [0.5, 0.6) is 0 Å². The number of unbranched alkanes of at least 4 members (excludes halogenated alkanes) is 1. The second-order valence-corrected chi connectivity index (χ2v) is 5.35. The molecule has 1 aliphatic heterocycles. The van der Waals surface area contributed by atoms with Crippen LogP contribution in [0.1, 0.15) is 58.3 Å². The Hall–Kier alpha value is -0.340. The monoisotopic (exact) mass is 238 g/mol. The molecule has 2 aliphatic rings. The summed E-state index contributed by atoms with van der Waals surface area (Å²) in [6.45, 7) is 3.84. The molecule has 0 aromatic heterocycles. The van der Waals surface area contributed by atoms with Crippen molar-refractivity contribution in [1.29, 1.82) is 0 Å². The second kappa shape index (κ2) is 7.17. The van der Waals surface area contributed by atoms with Crippen LogP contribution in [0.25, 0.3) is 0 Å². The summed E-state index contributed by atoms with van der Waals surface area (Å²) in [5.41, 5.74) is 1.64. The van der Waals surface area contributed by atoms with Crippen molar-refractivity contribution in [1.82, 2.24) is 0 Å². The van der Waals surface area contributed by atoms with Gasteiger partial charge >= 0.3 is 0 Å². The van der Waals surface area contributed by atoms with Crippen LogP contribution in [-0.4, -0.2) is 19.5 Å². The third-order valence-corrected chi connectivity index (χ3v) is 3.97. The lowest BCUT2D eigenvalue weighted by atomic mass is 9.85. The summed E-state index contributed by atoms with van der Waals surface area (Å²) in [5.74, 6) is 0.956. The van der Waals surface area contributed by atoms with Gasteiger partial charge in [-0.25, -0.2) is 0 Å². The maximum absolute atomic E-state index is 5.47. The molecule has 1 atom stereocenters. The van der Waals surface area contributed by atoms with Crippen LogP contribution in [0.2, 0.25) is 0 Å². The zero-order valence-electron chi connectivity index (χ0n) is 11.1. The van der Waals surface area contributed by atoms with Gasteiger partial charge in [0, 0.05) is 6.42 Å². The van der Waals surface area contributed by atoms with Crippen LogP contribution >= 0.6 is 0 Å². The van der Waals surface area contributed by atoms with E-state index in [4.69, 9.17) is 9.47 Å². The van der Waals surface area contributed by atoms with E-state index in [1.807, 2.05) is 0 Å². The van der Waals surface area contributed by atoms with E-state index in [9.17, 15) is 0 Å². The fourth-order valence-electron chi connectivity index (χ4n) is 2.80. The predicted octanol–water partition coefficient (Wildman–Crippen LogP) is 4.06. The van der Waals surface area contributed by atoms with Crippen molar-refractivity contribution in [2.75, 3.05) is 13.2 Å². The maximum atomic E-state index is 5.47. The Morgan fingerprint density at radius 2 is 2.06 bits per heavy atom. The molecule has 0 bridgehead atoms. The summed E-state index contributed by atoms with van der Waals surface area (Å²) in [5, 5.41) is 0. The van der Waals surface area contributed by atoms with Gasteiger partial charge in [0.2, 0.25) is 0 Å². The molecule has 1 saturated heterocycles. The zero-order chi connectivity index (χ0) is 11.9. The van der Waals surface area contributed by atoms with Crippen molar-refractivity contribution in [3.63, 3.8) is 0 Å². The van der Waals surface area contributed by atoms with E-state index in [0.29, 0.717) is 0 Å². The highest BCUT2D eigenvalue weighted by Gasteiger charge is 2.18. The summed E-state index contributed by atoms with van der Waals surface area (Å²) in [6.07, 6.45) is 13.0. The topological polar surface area (TPSA) is 18.5 Å². The minimum Gasteiger partial charge on any atom is -0.350 e. The Bertz CT molecular complexity index is 241. The lowest BCUT2D eigenvalue weighted by Crippen LogP contribution is -2.10. The molecule has 1 aliphatic carbocycles. The van der Waals surface area contributed by atoms with Gasteiger partial charge in [0.25, 0.3) is 0 Å². The molecule has 0 aromatic rings. The summed E-state index contributed by atoms with van der Waals surface area (Å²) in [4.78, 5) is 0. The van der Waals surface area contributed by atoms with E-state index >= 15 is 0 Å². The molecule has 98 valence electrons. The van der Waals surface area contributed by atoms with Crippen LogP contribution < -0.4 is 0 Å². The third-order valence-electron chi connectivity index (χ3n) is 3.97. The number of hydrogen-bond acceptors (Lipinski definition) is 2. The van der Waals surface area contributed by atoms with Gasteiger partial charge in [0.05, 0.1) is 13.2 Å². The normalized spacial score (nSPS) is 26.2. The first-order valence-electron chi connectivity index (χ1n) is 7.29. The second-order valence-electron chi connectivity index (χ2n) is 5.35. The van der Waals surface area contributed by atoms with Crippen molar-refractivity contribution < 1.29 is 9.47 Å². The highest BCUT2D eigenvalue weighted by molar-refractivity contribution is 5.06. The van der Waals surface area contributed by atoms with Gasteiger partial charge in [-0.05, 0) is 31.6 Å². The Labute approximate surface area is 105 Å². The van der Waals surface area contributed by atoms with E-state index in [2.05, 4.69) is 13.0 Å². The van der Waals surface area contributed by atoms with Crippen molar-refractivity contribution in [2.45, 2.75) is 64.6 Å². The quantitative estimate of drug-likeness (QED) is 0.650. The average molecular weight is 238 g/mol. The highest BCUT2D eigenvalue weighted by Crippen LogP contribution is 2.30. The molecular weight excluding hydrogens is 212 g/mol. The molecule has 2 rings (SSSR count). The van der Waals surface area contributed by atoms with Gasteiger partial charge in [0.15, 0.2) is 6.29 Å². The fourth-order valence-corrected chi connectivity index (χ4v) is 2.80. The predicted molar refractivity (Wildman–Crippen MR) is 69.9 cm³/mol. The third kappa shape index (κ3) is 4.44. The average Bonchev–Trinajstić information content (AvgIpc) is 2.88. The molecule has 0 radical (unpaired) electrons. The van der Waals surface area contributed by atoms with Crippen molar-refractivity contribution >= 4 is 0 Å². The number of rotatable bonds is 6. The van der Waals surface area contributed by atoms with Crippen molar-refractivity contribution in [3.8, 4) is 0 Å². The summed E-state index contributed by atoms with van der Waals surface area (Å²) in [6, 6.07) is 0. The van der Waals surface area contributed by atoms with Crippen LogP contribution in [0.4, 0.5) is 0 Å². The van der Waals surface area contributed by atoms with Crippen LogP contribution in [0.3, 0.4) is 0 Å². The van der Waals surface area contributed by atoms with Crippen molar-refractivity contribution in [3.05, 3.63) is 11.6 Å². The van der Waals surface area contributed by atoms with Gasteiger partial charge < -0.3 is 9.47 Å². The first kappa shape index (κ1) is 13.1. The van der Waals surface area contributed by atoms with E-state index in [1.54, 1.807) is 5.57 Å². The molecule has 0 aromatic carbocycles. The van der Waals surface area contributed by atoms with Gasteiger partial charge in [-0.1, -0.05) is 37.8 Å². The van der Waals surface area contributed by atoms with E-state index in [0.717, 1.165) is 25.6 Å². The van der Waals surface area contributed by atoms with Crippen LogP contribution in [0.15, 0.2) is 11.6 Å². The van der Waals surface area contributed by atoms with Crippen LogP contribution in [0, 0.1) is 5.92 Å². The molecule has 0 N–H and O–H groups in total. The Kier molecular flexibility index (Phi) is 5.53. The minimum atomic E-state index is 0.0775. The molecular formula is C15H26O2. The van der Waals surface area contributed by atoms with Gasteiger partial charge in [-0.15, -0.1) is 0 Å². The Morgan fingerprint density at radius 1 is 1.24 bits per heavy atom. The van der Waals surface area contributed by atoms with E-state index < -0.39 is 0 Å². The Balaban J connectivity index is 1.63. The van der Waals surface area contributed by atoms with Gasteiger partial charge in [0.1, 0.15) is 0 Å². The summed E-state index contributed by atoms with van der Waals surface area (Å²) in [7, 11) is 0. The summed E-state index contributed by atoms with van der Waals surface area (Å²) >= 11 is 0. The maximum Gasteiger partial charge on any atom is 0.158 e. The highest BCUT2D eigenvalue weighted by atomic mass is 16.7.